The number of thiazole rings is 1. The quantitative estimate of drug-likeness (QED) is 0.225. The molecule has 0 aliphatic carbocycles. The molecule has 0 spiro atoms. The molecule has 32 heavy (non-hydrogen) atoms. The third-order valence-corrected chi connectivity index (χ3v) is 6.79. The van der Waals surface area contributed by atoms with Crippen molar-refractivity contribution in [2.45, 2.75) is 18.1 Å². The number of hydrogen-bond acceptors (Lipinski definition) is 6. The largest absolute Gasteiger partial charge is 0.302 e. The molecule has 162 valence electrons. The molecule has 1 N–H and O–H groups in total. The van der Waals surface area contributed by atoms with Crippen molar-refractivity contribution in [3.63, 3.8) is 0 Å². The molecule has 0 aliphatic heterocycles. The van der Waals surface area contributed by atoms with E-state index in [2.05, 4.69) is 55.1 Å². The molecule has 0 saturated heterocycles. The number of benzene rings is 2. The van der Waals surface area contributed by atoms with Crippen molar-refractivity contribution in [2.75, 3.05) is 11.1 Å². The Morgan fingerprint density at radius 1 is 1.16 bits per heavy atom. The predicted octanol–water partition coefficient (Wildman–Crippen LogP) is 5.67. The molecule has 0 unspecified atom stereocenters. The van der Waals surface area contributed by atoms with Gasteiger partial charge < -0.3 is 9.88 Å². The summed E-state index contributed by atoms with van der Waals surface area (Å²) in [5.41, 5.74) is 2.99. The van der Waals surface area contributed by atoms with E-state index in [0.29, 0.717) is 23.3 Å². The zero-order valence-electron chi connectivity index (χ0n) is 17.1. The number of carbonyl (C=O) groups is 1. The topological polar surface area (TPSA) is 72.7 Å². The summed E-state index contributed by atoms with van der Waals surface area (Å²) in [6.45, 7) is 4.42. The standard InChI is InChI=1S/C23H20BrN5OS2/c1-2-12-29-20(13-16-6-4-3-5-7-16)27-28-23(29)32-15-21(30)26-22-25-19(14-31-22)17-8-10-18(24)11-9-17/h2-11,14H,1,12-13,15H2,(H,25,26,30). The minimum Gasteiger partial charge on any atom is -0.302 e. The van der Waals surface area contributed by atoms with Gasteiger partial charge in [-0.15, -0.1) is 28.1 Å². The molecule has 4 rings (SSSR count). The fourth-order valence-electron chi connectivity index (χ4n) is 3.02. The first-order chi connectivity index (χ1) is 15.6. The van der Waals surface area contributed by atoms with Crippen LogP contribution in [0, 0.1) is 0 Å². The normalized spacial score (nSPS) is 10.8. The van der Waals surface area contributed by atoms with Gasteiger partial charge in [0.25, 0.3) is 0 Å². The van der Waals surface area contributed by atoms with Crippen LogP contribution in [0.25, 0.3) is 11.3 Å². The maximum Gasteiger partial charge on any atom is 0.236 e. The zero-order valence-corrected chi connectivity index (χ0v) is 20.3. The number of nitrogens with zero attached hydrogens (tertiary/aromatic N) is 4. The van der Waals surface area contributed by atoms with Crippen LogP contribution in [0.4, 0.5) is 5.13 Å². The Hall–Kier alpha value is -2.75. The van der Waals surface area contributed by atoms with Gasteiger partial charge in [-0.3, -0.25) is 4.79 Å². The highest BCUT2D eigenvalue weighted by Crippen LogP contribution is 2.26. The molecule has 2 heterocycles. The highest BCUT2D eigenvalue weighted by Gasteiger charge is 2.15. The van der Waals surface area contributed by atoms with Gasteiger partial charge in [0.05, 0.1) is 11.4 Å². The average molecular weight is 526 g/mol. The maximum atomic E-state index is 12.5. The number of nitrogens with one attached hydrogen (secondary N) is 1. The Labute approximate surface area is 202 Å². The van der Waals surface area contributed by atoms with E-state index < -0.39 is 0 Å². The number of thioether (sulfide) groups is 1. The predicted molar refractivity (Wildman–Crippen MR) is 134 cm³/mol. The summed E-state index contributed by atoms with van der Waals surface area (Å²) < 4.78 is 3.01. The van der Waals surface area contributed by atoms with Crippen molar-refractivity contribution in [2.24, 2.45) is 0 Å². The first-order valence-corrected chi connectivity index (χ1v) is 12.5. The molecule has 4 aromatic rings. The summed E-state index contributed by atoms with van der Waals surface area (Å²) in [5.74, 6) is 0.927. The molecule has 0 atom stereocenters. The molecule has 0 bridgehead atoms. The van der Waals surface area contributed by atoms with E-state index in [-0.39, 0.29) is 11.7 Å². The minimum absolute atomic E-state index is 0.135. The van der Waals surface area contributed by atoms with Gasteiger partial charge in [0, 0.05) is 28.4 Å². The Morgan fingerprint density at radius 3 is 2.69 bits per heavy atom. The third kappa shape index (κ3) is 5.73. The fraction of sp³-hybridized carbons (Fsp3) is 0.130. The fourth-order valence-corrected chi connectivity index (χ4v) is 4.78. The summed E-state index contributed by atoms with van der Waals surface area (Å²) in [6, 6.07) is 18.0. The highest BCUT2D eigenvalue weighted by atomic mass is 79.9. The molecule has 2 aromatic carbocycles. The van der Waals surface area contributed by atoms with Crippen molar-refractivity contribution in [3.8, 4) is 11.3 Å². The molecular formula is C23H20BrN5OS2. The molecule has 0 radical (unpaired) electrons. The zero-order chi connectivity index (χ0) is 22.3. The van der Waals surface area contributed by atoms with E-state index in [4.69, 9.17) is 0 Å². The van der Waals surface area contributed by atoms with Crippen LogP contribution < -0.4 is 5.32 Å². The second kappa shape index (κ2) is 10.7. The van der Waals surface area contributed by atoms with E-state index >= 15 is 0 Å². The Kier molecular flexibility index (Phi) is 7.51. The molecule has 1 amide bonds. The lowest BCUT2D eigenvalue weighted by Gasteiger charge is -2.07. The number of halogens is 1. The van der Waals surface area contributed by atoms with Gasteiger partial charge >= 0.3 is 0 Å². The number of carbonyl (C=O) groups excluding carboxylic acids is 1. The average Bonchev–Trinajstić information content (AvgIpc) is 3.41. The number of hydrogen-bond donors (Lipinski definition) is 1. The van der Waals surface area contributed by atoms with E-state index in [1.165, 1.54) is 23.1 Å². The van der Waals surface area contributed by atoms with E-state index in [1.54, 1.807) is 6.08 Å². The van der Waals surface area contributed by atoms with Gasteiger partial charge in [0.15, 0.2) is 10.3 Å². The second-order valence-corrected chi connectivity index (χ2v) is 9.56. The van der Waals surface area contributed by atoms with Gasteiger partial charge in [-0.05, 0) is 17.7 Å². The summed E-state index contributed by atoms with van der Waals surface area (Å²) in [4.78, 5) is 17.0. The van der Waals surface area contributed by atoms with Gasteiger partial charge in [-0.1, -0.05) is 76.2 Å². The molecule has 0 aliphatic rings. The summed E-state index contributed by atoms with van der Waals surface area (Å²) in [6.07, 6.45) is 2.48. The van der Waals surface area contributed by atoms with Crippen LogP contribution in [0.2, 0.25) is 0 Å². The van der Waals surface area contributed by atoms with Crippen molar-refractivity contribution < 1.29 is 4.79 Å². The second-order valence-electron chi connectivity index (χ2n) is 6.84. The van der Waals surface area contributed by atoms with Crippen LogP contribution >= 0.6 is 39.0 Å². The number of rotatable bonds is 9. The SMILES string of the molecule is C=CCn1c(Cc2ccccc2)nnc1SCC(=O)Nc1nc(-c2ccc(Br)cc2)cs1. The van der Waals surface area contributed by atoms with Crippen LogP contribution in [-0.4, -0.2) is 31.4 Å². The molecule has 9 heteroatoms. The van der Waals surface area contributed by atoms with Crippen LogP contribution in [0.1, 0.15) is 11.4 Å². The molecule has 2 aromatic heterocycles. The van der Waals surface area contributed by atoms with E-state index in [9.17, 15) is 4.79 Å². The summed E-state index contributed by atoms with van der Waals surface area (Å²) in [5, 5.41) is 14.7. The van der Waals surface area contributed by atoms with Gasteiger partial charge in [0.2, 0.25) is 5.91 Å². The van der Waals surface area contributed by atoms with Crippen LogP contribution in [-0.2, 0) is 17.8 Å². The number of allylic oxidation sites excluding steroid dienone is 1. The lowest BCUT2D eigenvalue weighted by Crippen LogP contribution is -2.14. The number of aromatic nitrogens is 4. The summed E-state index contributed by atoms with van der Waals surface area (Å²) >= 11 is 6.19. The molecule has 0 fully saturated rings. The van der Waals surface area contributed by atoms with Crippen molar-refractivity contribution in [3.05, 3.63) is 88.5 Å². The highest BCUT2D eigenvalue weighted by molar-refractivity contribution is 9.10. The van der Waals surface area contributed by atoms with Gasteiger partial charge in [-0.25, -0.2) is 4.98 Å². The lowest BCUT2D eigenvalue weighted by atomic mass is 10.1. The van der Waals surface area contributed by atoms with Crippen molar-refractivity contribution >= 4 is 50.1 Å². The van der Waals surface area contributed by atoms with Crippen LogP contribution in [0.3, 0.4) is 0 Å². The third-order valence-electron chi connectivity index (χ3n) is 4.53. The lowest BCUT2D eigenvalue weighted by molar-refractivity contribution is -0.113. The van der Waals surface area contributed by atoms with Crippen molar-refractivity contribution in [1.29, 1.82) is 0 Å². The molecule has 6 nitrogen and oxygen atoms in total. The number of anilines is 1. The van der Waals surface area contributed by atoms with Crippen molar-refractivity contribution in [1.82, 2.24) is 19.7 Å². The maximum absolute atomic E-state index is 12.5. The van der Waals surface area contributed by atoms with E-state index in [0.717, 1.165) is 27.1 Å². The van der Waals surface area contributed by atoms with Gasteiger partial charge in [0.1, 0.15) is 5.82 Å². The Balaban J connectivity index is 1.37. The molecule has 0 saturated carbocycles. The van der Waals surface area contributed by atoms with Crippen LogP contribution in [0.5, 0.6) is 0 Å². The number of amides is 1. The monoisotopic (exact) mass is 525 g/mol. The van der Waals surface area contributed by atoms with E-state index in [1.807, 2.05) is 52.4 Å². The summed E-state index contributed by atoms with van der Waals surface area (Å²) in [7, 11) is 0. The first-order valence-electron chi connectivity index (χ1n) is 9.83. The minimum atomic E-state index is -0.135. The smallest absolute Gasteiger partial charge is 0.236 e. The first kappa shape index (κ1) is 22.4. The molecular weight excluding hydrogens is 506 g/mol. The van der Waals surface area contributed by atoms with Gasteiger partial charge in [-0.2, -0.15) is 0 Å². The Bertz CT molecular complexity index is 1200. The Morgan fingerprint density at radius 2 is 1.94 bits per heavy atom. The van der Waals surface area contributed by atoms with Crippen LogP contribution in [0.15, 0.2) is 82.3 Å².